The molecule has 7 heteroatoms. The highest BCUT2D eigenvalue weighted by molar-refractivity contribution is 7.97. The third-order valence-corrected chi connectivity index (χ3v) is 1.40. The Labute approximate surface area is 58.2 Å². The Morgan fingerprint density at radius 1 is 1.80 bits per heavy atom. The first-order valence-corrected chi connectivity index (χ1v) is 3.25. The first-order chi connectivity index (χ1) is 4.75. The quantitative estimate of drug-likeness (QED) is 0.254. The van der Waals surface area contributed by atoms with E-state index in [0.717, 1.165) is 6.34 Å². The third kappa shape index (κ3) is 1.06. The third-order valence-electron chi connectivity index (χ3n) is 0.799. The lowest BCUT2D eigenvalue weighted by atomic mass is 10.7. The van der Waals surface area contributed by atoms with Crippen molar-refractivity contribution in [3.8, 4) is 0 Å². The van der Waals surface area contributed by atoms with Crippen LogP contribution in [0, 0.1) is 0 Å². The van der Waals surface area contributed by atoms with E-state index >= 15 is 0 Å². The summed E-state index contributed by atoms with van der Waals surface area (Å²) < 4.78 is 20.3. The molecule has 0 aromatic carbocycles. The maximum Gasteiger partial charge on any atom is 0.436 e. The van der Waals surface area contributed by atoms with Gasteiger partial charge in [-0.3, -0.25) is 4.21 Å². The van der Waals surface area contributed by atoms with Gasteiger partial charge in [-0.2, -0.15) is 4.99 Å². The molecule has 0 saturated carbocycles. The fourth-order valence-electron chi connectivity index (χ4n) is 0.435. The van der Waals surface area contributed by atoms with Gasteiger partial charge in [0.15, 0.2) is 0 Å². The zero-order chi connectivity index (χ0) is 7.56. The maximum absolute atomic E-state index is 10.2. The summed E-state index contributed by atoms with van der Waals surface area (Å²) in [6.07, 6.45) is 1.00. The fourth-order valence-corrected chi connectivity index (χ4v) is 0.811. The average Bonchev–Trinajstić information content (AvgIpc) is 2.33. The van der Waals surface area contributed by atoms with E-state index in [1.807, 2.05) is 0 Å². The van der Waals surface area contributed by atoms with Crippen molar-refractivity contribution in [3.05, 3.63) is 5.53 Å². The molecule has 0 saturated heterocycles. The highest BCUT2D eigenvalue weighted by Gasteiger charge is 2.21. The minimum absolute atomic E-state index is 0.284. The summed E-state index contributed by atoms with van der Waals surface area (Å²) in [5.41, 5.74) is 8.11. The van der Waals surface area contributed by atoms with Crippen LogP contribution in [0.25, 0.3) is 5.53 Å². The minimum atomic E-state index is -2.49. The van der Waals surface area contributed by atoms with Crippen molar-refractivity contribution >= 4 is 28.3 Å². The van der Waals surface area contributed by atoms with Crippen molar-refractivity contribution in [2.75, 3.05) is 0 Å². The summed E-state index contributed by atoms with van der Waals surface area (Å²) in [4.78, 5) is 9.23. The standard InChI is InChI=1S/C3H2N4O2S/c4-7-2-3(10(8)9)6-1-5-2/h1H,(H,8,9)/p-1. The fraction of sp³-hybridized carbons (Fsp3) is 0. The van der Waals surface area contributed by atoms with Gasteiger partial charge < -0.3 is 14.9 Å². The minimum Gasteiger partial charge on any atom is -0.767 e. The van der Waals surface area contributed by atoms with E-state index in [2.05, 4.69) is 14.8 Å². The summed E-state index contributed by atoms with van der Waals surface area (Å²) in [6, 6.07) is 0. The Kier molecular flexibility index (Phi) is 1.81. The Balaban J connectivity index is 3.04. The average molecular weight is 157 g/mol. The molecule has 1 atom stereocenters. The summed E-state index contributed by atoms with van der Waals surface area (Å²) >= 11 is -2.49. The van der Waals surface area contributed by atoms with Gasteiger partial charge in [0.25, 0.3) is 0 Å². The molecule has 52 valence electrons. The molecule has 10 heavy (non-hydrogen) atoms. The van der Waals surface area contributed by atoms with Gasteiger partial charge in [-0.25, -0.2) is 0 Å². The number of rotatable bonds is 0. The second-order valence-corrected chi connectivity index (χ2v) is 2.19. The molecule has 0 N–H and O–H groups in total. The smallest absolute Gasteiger partial charge is 0.436 e. The molecule has 1 aliphatic rings. The van der Waals surface area contributed by atoms with Gasteiger partial charge in [-0.1, -0.05) is 0 Å². The lowest BCUT2D eigenvalue weighted by Gasteiger charge is -1.95. The van der Waals surface area contributed by atoms with Gasteiger partial charge in [-0.15, -0.1) is 0 Å². The number of hydrogen-bond donors (Lipinski definition) is 0. The molecule has 1 rings (SSSR count). The number of nitrogens with zero attached hydrogens (tertiary/aromatic N) is 4. The normalized spacial score (nSPS) is 18.5. The van der Waals surface area contributed by atoms with Crippen LogP contribution in [0.3, 0.4) is 0 Å². The topological polar surface area (TPSA) is 101 Å². The van der Waals surface area contributed by atoms with Crippen LogP contribution in [-0.4, -0.2) is 30.8 Å². The van der Waals surface area contributed by atoms with Gasteiger partial charge in [0.1, 0.15) is 0 Å². The second kappa shape index (κ2) is 2.61. The van der Waals surface area contributed by atoms with Crippen molar-refractivity contribution in [1.29, 1.82) is 0 Å². The largest absolute Gasteiger partial charge is 0.767 e. The molecule has 0 bridgehead atoms. The molecule has 1 unspecified atom stereocenters. The van der Waals surface area contributed by atoms with Crippen molar-refractivity contribution in [3.63, 3.8) is 0 Å². The molecule has 0 radical (unpaired) electrons. The number of aliphatic imine (C=N–C) groups is 2. The monoisotopic (exact) mass is 157 g/mol. The number of amidine groups is 1. The van der Waals surface area contributed by atoms with Crippen LogP contribution < -0.4 is 0 Å². The molecule has 0 fully saturated rings. The van der Waals surface area contributed by atoms with E-state index < -0.39 is 11.1 Å². The Morgan fingerprint density at radius 2 is 2.50 bits per heavy atom. The van der Waals surface area contributed by atoms with Crippen molar-refractivity contribution < 1.29 is 13.6 Å². The SMILES string of the molecule is [N-]=[N+]=C1N=CN=C1S(=O)[O-]. The molecule has 1 aliphatic heterocycles. The van der Waals surface area contributed by atoms with Crippen molar-refractivity contribution in [1.82, 2.24) is 0 Å². The zero-order valence-corrected chi connectivity index (χ0v) is 5.41. The van der Waals surface area contributed by atoms with Crippen LogP contribution in [0.4, 0.5) is 0 Å². The van der Waals surface area contributed by atoms with Crippen LogP contribution in [0.5, 0.6) is 0 Å². The van der Waals surface area contributed by atoms with Crippen molar-refractivity contribution in [2.45, 2.75) is 0 Å². The van der Waals surface area contributed by atoms with Crippen LogP contribution >= 0.6 is 0 Å². The van der Waals surface area contributed by atoms with Crippen LogP contribution in [0.15, 0.2) is 9.98 Å². The molecule has 1 heterocycles. The highest BCUT2D eigenvalue weighted by Crippen LogP contribution is 1.93. The molecular formula is C3HN4O2S-. The Hall–Kier alpha value is -1.17. The highest BCUT2D eigenvalue weighted by atomic mass is 32.2. The van der Waals surface area contributed by atoms with Gasteiger partial charge in [0.2, 0.25) is 11.4 Å². The molecule has 0 aromatic rings. The lowest BCUT2D eigenvalue weighted by Crippen LogP contribution is -2.14. The molecular weight excluding hydrogens is 156 g/mol. The van der Waals surface area contributed by atoms with Crippen LogP contribution in [0.1, 0.15) is 0 Å². The molecule has 0 spiro atoms. The van der Waals surface area contributed by atoms with Crippen molar-refractivity contribution in [2.24, 2.45) is 9.98 Å². The van der Waals surface area contributed by atoms with E-state index in [-0.39, 0.29) is 10.9 Å². The molecule has 0 aromatic heterocycles. The van der Waals surface area contributed by atoms with E-state index in [1.54, 1.807) is 0 Å². The lowest BCUT2D eigenvalue weighted by molar-refractivity contribution is -0.00254. The Morgan fingerprint density at radius 3 is 2.90 bits per heavy atom. The molecule has 0 aliphatic carbocycles. The first kappa shape index (κ1) is 6.94. The van der Waals surface area contributed by atoms with E-state index in [4.69, 9.17) is 5.53 Å². The van der Waals surface area contributed by atoms with E-state index in [9.17, 15) is 8.76 Å². The van der Waals surface area contributed by atoms with Gasteiger partial charge >= 0.3 is 5.84 Å². The van der Waals surface area contributed by atoms with E-state index in [0.29, 0.717) is 0 Å². The maximum atomic E-state index is 10.2. The number of hydrogen-bond acceptors (Lipinski definition) is 3. The summed E-state index contributed by atoms with van der Waals surface area (Å²) in [5, 5.41) is -0.345. The van der Waals surface area contributed by atoms with Gasteiger partial charge in [-0.05, 0) is 4.99 Å². The zero-order valence-electron chi connectivity index (χ0n) is 4.59. The summed E-state index contributed by atoms with van der Waals surface area (Å²) in [7, 11) is 0. The van der Waals surface area contributed by atoms with Crippen LogP contribution in [0.2, 0.25) is 0 Å². The van der Waals surface area contributed by atoms with E-state index in [1.165, 1.54) is 0 Å². The van der Waals surface area contributed by atoms with Gasteiger partial charge in [0.05, 0.1) is 0 Å². The van der Waals surface area contributed by atoms with Crippen LogP contribution in [-0.2, 0) is 11.1 Å². The molecule has 0 amide bonds. The Bertz CT molecular complexity index is 287. The first-order valence-electron chi connectivity index (χ1n) is 2.17. The predicted molar refractivity (Wildman–Crippen MR) is 33.5 cm³/mol. The second-order valence-electron chi connectivity index (χ2n) is 1.34. The molecule has 6 nitrogen and oxygen atoms in total. The summed E-state index contributed by atoms with van der Waals surface area (Å²) in [6.45, 7) is 0. The van der Waals surface area contributed by atoms with Gasteiger partial charge in [0, 0.05) is 11.1 Å². The summed E-state index contributed by atoms with van der Waals surface area (Å²) in [5.74, 6) is -0.284. The predicted octanol–water partition coefficient (Wildman–Crippen LogP) is -1.07.